The van der Waals surface area contributed by atoms with Gasteiger partial charge >= 0.3 is 0 Å². The Morgan fingerprint density at radius 1 is 0.385 bits per heavy atom. The third kappa shape index (κ3) is 3.90. The van der Waals surface area contributed by atoms with Gasteiger partial charge in [0.05, 0.1) is 0 Å². The Labute approximate surface area is 232 Å². The van der Waals surface area contributed by atoms with E-state index in [4.69, 9.17) is 0 Å². The fraction of sp³-hybridized carbons (Fsp3) is 0.0526. The van der Waals surface area contributed by atoms with E-state index >= 15 is 0 Å². The molecule has 1 aliphatic carbocycles. The second kappa shape index (κ2) is 10.0. The molecule has 0 amide bonds. The van der Waals surface area contributed by atoms with Crippen LogP contribution in [0.25, 0.3) is 22.3 Å². The second-order valence-corrected chi connectivity index (χ2v) is 14.2. The van der Waals surface area contributed by atoms with Gasteiger partial charge in [0, 0.05) is 0 Å². The summed E-state index contributed by atoms with van der Waals surface area (Å²) < 4.78 is 0. The number of rotatable bonds is 5. The second-order valence-electron chi connectivity index (χ2n) is 10.4. The number of aryl methyl sites for hydroxylation is 1. The first-order valence-electron chi connectivity index (χ1n) is 13.8. The first-order chi connectivity index (χ1) is 19.4. The number of fused-ring (bicyclic) bond motifs is 3. The van der Waals surface area contributed by atoms with Crippen LogP contribution in [0.4, 0.5) is 0 Å². The molecule has 1 aliphatic rings. The van der Waals surface area contributed by atoms with Crippen molar-refractivity contribution in [2.75, 3.05) is 0 Å². The molecule has 0 saturated carbocycles. The van der Waals surface area contributed by atoms with Crippen molar-refractivity contribution in [1.82, 2.24) is 0 Å². The predicted molar refractivity (Wildman–Crippen MR) is 168 cm³/mol. The highest BCUT2D eigenvalue weighted by molar-refractivity contribution is 7.20. The Bertz CT molecular complexity index is 1630. The van der Waals surface area contributed by atoms with Crippen LogP contribution in [0.15, 0.2) is 158 Å². The predicted octanol–water partition coefficient (Wildman–Crippen LogP) is 6.50. The van der Waals surface area contributed by atoms with Crippen LogP contribution in [0.5, 0.6) is 0 Å². The fourth-order valence-corrected chi connectivity index (χ4v) is 11.7. The van der Waals surface area contributed by atoms with E-state index in [2.05, 4.69) is 158 Å². The van der Waals surface area contributed by atoms with E-state index in [9.17, 15) is 0 Å². The summed E-state index contributed by atoms with van der Waals surface area (Å²) in [6, 6.07) is 58.8. The van der Waals surface area contributed by atoms with E-state index in [0.29, 0.717) is 0 Å². The van der Waals surface area contributed by atoms with Crippen molar-refractivity contribution in [2.45, 2.75) is 12.8 Å². The molecule has 7 rings (SSSR count). The van der Waals surface area contributed by atoms with E-state index < -0.39 is 8.07 Å². The van der Waals surface area contributed by atoms with Crippen molar-refractivity contribution in [2.24, 2.45) is 0 Å². The molecule has 0 aliphatic heterocycles. The van der Waals surface area contributed by atoms with E-state index in [1.165, 1.54) is 54.1 Å². The third-order valence-corrected chi connectivity index (χ3v) is 13.2. The van der Waals surface area contributed by atoms with E-state index in [0.717, 1.165) is 12.8 Å². The number of hydrogen-bond acceptors (Lipinski definition) is 0. The van der Waals surface area contributed by atoms with Crippen molar-refractivity contribution >= 4 is 28.8 Å². The lowest BCUT2D eigenvalue weighted by Gasteiger charge is -2.37. The van der Waals surface area contributed by atoms with Crippen LogP contribution in [0.2, 0.25) is 0 Å². The minimum absolute atomic E-state index is 1.05. The van der Waals surface area contributed by atoms with Gasteiger partial charge in [-0.25, -0.2) is 0 Å². The highest BCUT2D eigenvalue weighted by Gasteiger charge is 2.43. The van der Waals surface area contributed by atoms with Gasteiger partial charge in [-0.05, 0) is 67.0 Å². The largest absolute Gasteiger partial charge is 0.180 e. The van der Waals surface area contributed by atoms with E-state index in [-0.39, 0.29) is 0 Å². The first kappa shape index (κ1) is 23.6. The zero-order valence-electron chi connectivity index (χ0n) is 21.9. The Balaban J connectivity index is 1.66. The molecule has 0 saturated heterocycles. The summed E-state index contributed by atoms with van der Waals surface area (Å²) in [7, 11) is -2.68. The standard InChI is InChI=1S/C38H30Si/c1-5-16-30(17-6-1)38-36-26-25-29-15-13-14-24-34(29)35(36)27-28-37(38)39(31-18-7-2-8-19-31,32-20-9-3-10-21-32)33-22-11-4-12-23-33/h1-24,27-28H,25-26H2. The lowest BCUT2D eigenvalue weighted by Crippen LogP contribution is -2.75. The Morgan fingerprint density at radius 3 is 1.44 bits per heavy atom. The molecule has 0 spiro atoms. The molecule has 0 fully saturated rings. The van der Waals surface area contributed by atoms with Gasteiger partial charge in [0.2, 0.25) is 0 Å². The Hall–Kier alpha value is -4.46. The van der Waals surface area contributed by atoms with Crippen molar-refractivity contribution in [3.8, 4) is 22.3 Å². The van der Waals surface area contributed by atoms with Gasteiger partial charge in [-0.3, -0.25) is 0 Å². The Kier molecular flexibility index (Phi) is 6.07. The highest BCUT2D eigenvalue weighted by Crippen LogP contribution is 2.38. The minimum Gasteiger partial charge on any atom is -0.0623 e. The van der Waals surface area contributed by atoms with Gasteiger partial charge in [0.25, 0.3) is 0 Å². The van der Waals surface area contributed by atoms with Crippen molar-refractivity contribution in [3.05, 3.63) is 169 Å². The summed E-state index contributed by atoms with van der Waals surface area (Å²) in [5, 5.41) is 5.71. The van der Waals surface area contributed by atoms with Crippen LogP contribution in [-0.2, 0) is 12.8 Å². The Morgan fingerprint density at radius 2 is 0.872 bits per heavy atom. The smallest absolute Gasteiger partial charge is 0.0623 e. The van der Waals surface area contributed by atoms with Crippen molar-refractivity contribution < 1.29 is 0 Å². The van der Waals surface area contributed by atoms with E-state index in [1.807, 2.05) is 0 Å². The normalized spacial score (nSPS) is 12.4. The molecule has 1 heteroatoms. The van der Waals surface area contributed by atoms with Crippen LogP contribution >= 0.6 is 0 Å². The molecular formula is C38H30Si. The lowest BCUT2D eigenvalue weighted by atomic mass is 9.82. The molecule has 6 aromatic rings. The fourth-order valence-electron chi connectivity index (χ4n) is 6.70. The SMILES string of the molecule is c1ccc(-c2c([Si](c3ccccc3)(c3ccccc3)c3ccccc3)ccc3c2CCc2ccccc2-3)cc1. The molecule has 0 N–H and O–H groups in total. The summed E-state index contributed by atoms with van der Waals surface area (Å²) in [6.07, 6.45) is 2.12. The molecule has 0 atom stereocenters. The molecule has 0 aromatic heterocycles. The number of hydrogen-bond donors (Lipinski definition) is 0. The van der Waals surface area contributed by atoms with Gasteiger partial charge < -0.3 is 0 Å². The summed E-state index contributed by atoms with van der Waals surface area (Å²) in [4.78, 5) is 0. The average Bonchev–Trinajstić information content (AvgIpc) is 3.03. The molecule has 0 unspecified atom stereocenters. The van der Waals surface area contributed by atoms with Crippen LogP contribution < -0.4 is 20.7 Å². The molecule has 0 nitrogen and oxygen atoms in total. The molecule has 39 heavy (non-hydrogen) atoms. The van der Waals surface area contributed by atoms with Crippen molar-refractivity contribution in [3.63, 3.8) is 0 Å². The molecule has 0 radical (unpaired) electrons. The average molecular weight is 515 g/mol. The monoisotopic (exact) mass is 514 g/mol. The first-order valence-corrected chi connectivity index (χ1v) is 15.8. The van der Waals surface area contributed by atoms with Gasteiger partial charge in [-0.2, -0.15) is 0 Å². The maximum Gasteiger partial charge on any atom is 0.180 e. The van der Waals surface area contributed by atoms with Crippen LogP contribution in [0, 0.1) is 0 Å². The van der Waals surface area contributed by atoms with Gasteiger partial charge in [0.1, 0.15) is 0 Å². The van der Waals surface area contributed by atoms with E-state index in [1.54, 1.807) is 0 Å². The zero-order valence-corrected chi connectivity index (χ0v) is 22.9. The van der Waals surface area contributed by atoms with Crippen molar-refractivity contribution in [1.29, 1.82) is 0 Å². The molecular weight excluding hydrogens is 485 g/mol. The molecule has 186 valence electrons. The highest BCUT2D eigenvalue weighted by atomic mass is 28.3. The minimum atomic E-state index is -2.68. The molecule has 6 aromatic carbocycles. The summed E-state index contributed by atoms with van der Waals surface area (Å²) >= 11 is 0. The quantitative estimate of drug-likeness (QED) is 0.182. The summed E-state index contributed by atoms with van der Waals surface area (Å²) in [6.45, 7) is 0. The zero-order chi connectivity index (χ0) is 26.1. The van der Waals surface area contributed by atoms with Gasteiger partial charge in [-0.15, -0.1) is 0 Å². The van der Waals surface area contributed by atoms with Crippen LogP contribution in [-0.4, -0.2) is 8.07 Å². The maximum absolute atomic E-state index is 2.68. The molecule has 0 heterocycles. The topological polar surface area (TPSA) is 0 Å². The number of benzene rings is 6. The molecule has 0 bridgehead atoms. The van der Waals surface area contributed by atoms with Crippen LogP contribution in [0.1, 0.15) is 11.1 Å². The van der Waals surface area contributed by atoms with Crippen LogP contribution in [0.3, 0.4) is 0 Å². The third-order valence-electron chi connectivity index (χ3n) is 8.35. The van der Waals surface area contributed by atoms with Gasteiger partial charge in [-0.1, -0.05) is 158 Å². The summed E-state index contributed by atoms with van der Waals surface area (Å²) in [5.74, 6) is 0. The maximum atomic E-state index is 2.47. The summed E-state index contributed by atoms with van der Waals surface area (Å²) in [5.41, 5.74) is 8.44. The van der Waals surface area contributed by atoms with Gasteiger partial charge in [0.15, 0.2) is 8.07 Å². The lowest BCUT2D eigenvalue weighted by molar-refractivity contribution is 0.945.